The molecule has 0 fully saturated rings. The van der Waals surface area contributed by atoms with Crippen LogP contribution in [-0.4, -0.2) is 26.2 Å². The van der Waals surface area contributed by atoms with Gasteiger partial charge in [-0.15, -0.1) is 0 Å². The van der Waals surface area contributed by atoms with Crippen molar-refractivity contribution in [2.75, 3.05) is 0 Å². The second-order valence-electron chi connectivity index (χ2n) is 3.13. The van der Waals surface area contributed by atoms with Gasteiger partial charge in [0.25, 0.3) is 5.78 Å². The minimum absolute atomic E-state index is 0.542. The van der Waals surface area contributed by atoms with Gasteiger partial charge in [0.2, 0.25) is 0 Å². The highest BCUT2D eigenvalue weighted by Gasteiger charge is 2.06. The van der Waals surface area contributed by atoms with Crippen LogP contribution < -0.4 is 0 Å². The zero-order chi connectivity index (χ0) is 11.5. The number of ketones is 1. The van der Waals surface area contributed by atoms with Gasteiger partial charge < -0.3 is 9.51 Å². The lowest BCUT2D eigenvalue weighted by atomic mass is 10.3. The lowest BCUT2D eigenvalue weighted by molar-refractivity contribution is -0.146. The zero-order valence-electron chi connectivity index (χ0n) is 8.20. The number of hydrogen-bond acceptors (Lipinski definition) is 3. The van der Waals surface area contributed by atoms with Gasteiger partial charge in [-0.3, -0.25) is 4.79 Å². The molecule has 0 aliphatic rings. The summed E-state index contributed by atoms with van der Waals surface area (Å²) in [5.41, 5.74) is 1.28. The molecule has 2 rings (SSSR count). The number of hydrogen-bond donors (Lipinski definition) is 1. The maximum atomic E-state index is 10.8. The number of imidazole rings is 1. The summed E-state index contributed by atoms with van der Waals surface area (Å²) in [6.45, 7) is 0. The number of carboxylic acid groups (broad SMARTS) is 1. The summed E-state index contributed by atoms with van der Waals surface area (Å²) in [5.74, 6) is -2.43. The van der Waals surface area contributed by atoms with Crippen molar-refractivity contribution < 1.29 is 14.7 Å². The summed E-state index contributed by atoms with van der Waals surface area (Å²) in [7, 11) is 0. The summed E-state index contributed by atoms with van der Waals surface area (Å²) in [4.78, 5) is 25.3. The van der Waals surface area contributed by atoms with Gasteiger partial charge in [0.15, 0.2) is 0 Å². The van der Waals surface area contributed by atoms with E-state index in [9.17, 15) is 9.59 Å². The molecule has 80 valence electrons. The molecule has 2 heterocycles. The zero-order valence-corrected chi connectivity index (χ0v) is 8.20. The third kappa shape index (κ3) is 1.98. The average molecular weight is 216 g/mol. The standard InChI is InChI=1S/C11H8N2O3/c14-9(11(15)16)5-4-8-7-13-6-2-1-3-10(13)12-8/h1-7H,(H,15,16)/b5-4+. The Bertz CT molecular complexity index is 551. The van der Waals surface area contributed by atoms with E-state index in [0.717, 1.165) is 11.7 Å². The van der Waals surface area contributed by atoms with E-state index in [1.165, 1.54) is 6.08 Å². The largest absolute Gasteiger partial charge is 0.475 e. The van der Waals surface area contributed by atoms with Gasteiger partial charge in [-0.2, -0.15) is 0 Å². The highest BCUT2D eigenvalue weighted by molar-refractivity contribution is 6.38. The molecule has 0 amide bonds. The van der Waals surface area contributed by atoms with Crippen molar-refractivity contribution in [1.29, 1.82) is 0 Å². The molecule has 1 N–H and O–H groups in total. The van der Waals surface area contributed by atoms with Crippen molar-refractivity contribution in [3.05, 3.63) is 42.4 Å². The van der Waals surface area contributed by atoms with Gasteiger partial charge in [-0.25, -0.2) is 9.78 Å². The minimum atomic E-state index is -1.47. The molecule has 2 aromatic rings. The smallest absolute Gasteiger partial charge is 0.376 e. The van der Waals surface area contributed by atoms with Crippen molar-refractivity contribution in [2.24, 2.45) is 0 Å². The Kier molecular flexibility index (Phi) is 2.51. The minimum Gasteiger partial charge on any atom is -0.475 e. The number of carboxylic acids is 1. The third-order valence-electron chi connectivity index (χ3n) is 2.00. The van der Waals surface area contributed by atoms with Crippen molar-refractivity contribution in [3.8, 4) is 0 Å². The SMILES string of the molecule is O=C(O)C(=O)/C=C/c1cn2ccccc2n1. The van der Waals surface area contributed by atoms with E-state index < -0.39 is 11.8 Å². The van der Waals surface area contributed by atoms with Crippen LogP contribution in [0.3, 0.4) is 0 Å². The lowest BCUT2D eigenvalue weighted by Crippen LogP contribution is -2.08. The van der Waals surface area contributed by atoms with Gasteiger partial charge in [-0.05, 0) is 24.3 Å². The van der Waals surface area contributed by atoms with Crippen LogP contribution >= 0.6 is 0 Å². The second kappa shape index (κ2) is 3.98. The summed E-state index contributed by atoms with van der Waals surface area (Å²) in [6.07, 6.45) is 5.90. The molecule has 16 heavy (non-hydrogen) atoms. The van der Waals surface area contributed by atoms with Gasteiger partial charge in [-0.1, -0.05) is 6.07 Å². The molecular formula is C11H8N2O3. The third-order valence-corrected chi connectivity index (χ3v) is 2.00. The molecule has 0 atom stereocenters. The van der Waals surface area contributed by atoms with E-state index >= 15 is 0 Å². The molecule has 5 nitrogen and oxygen atoms in total. The van der Waals surface area contributed by atoms with Crippen LogP contribution in [0.25, 0.3) is 11.7 Å². The van der Waals surface area contributed by atoms with Crippen LogP contribution in [0.1, 0.15) is 5.69 Å². The number of pyridine rings is 1. The van der Waals surface area contributed by atoms with Gasteiger partial charge in [0, 0.05) is 12.4 Å². The molecule has 0 unspecified atom stereocenters. The number of rotatable bonds is 3. The molecule has 5 heteroatoms. The monoisotopic (exact) mass is 216 g/mol. The summed E-state index contributed by atoms with van der Waals surface area (Å²) in [6, 6.07) is 5.51. The van der Waals surface area contributed by atoms with E-state index in [1.807, 2.05) is 24.4 Å². The highest BCUT2D eigenvalue weighted by atomic mass is 16.4. The fourth-order valence-corrected chi connectivity index (χ4v) is 1.27. The van der Waals surface area contributed by atoms with Gasteiger partial charge in [0.05, 0.1) is 5.69 Å². The van der Waals surface area contributed by atoms with Crippen molar-refractivity contribution >= 4 is 23.5 Å². The normalized spacial score (nSPS) is 11.0. The molecule has 0 bridgehead atoms. The Labute approximate surface area is 90.7 Å². The Morgan fingerprint density at radius 2 is 2.19 bits per heavy atom. The number of carbonyl (C=O) groups is 2. The van der Waals surface area contributed by atoms with Crippen LogP contribution in [-0.2, 0) is 9.59 Å². The lowest BCUT2D eigenvalue weighted by Gasteiger charge is -1.86. The molecule has 0 saturated heterocycles. The van der Waals surface area contributed by atoms with E-state index in [-0.39, 0.29) is 0 Å². The molecule has 0 spiro atoms. The maximum Gasteiger partial charge on any atom is 0.376 e. The molecule has 0 aliphatic heterocycles. The molecule has 2 aromatic heterocycles. The molecule has 0 saturated carbocycles. The van der Waals surface area contributed by atoms with Crippen LogP contribution in [0.5, 0.6) is 0 Å². The fraction of sp³-hybridized carbons (Fsp3) is 0. The Hall–Kier alpha value is -2.43. The van der Waals surface area contributed by atoms with Gasteiger partial charge >= 0.3 is 5.97 Å². The number of carbonyl (C=O) groups excluding carboxylic acids is 1. The number of aliphatic carboxylic acids is 1. The summed E-state index contributed by atoms with van der Waals surface area (Å²) in [5, 5.41) is 8.37. The number of fused-ring (bicyclic) bond motifs is 1. The fourth-order valence-electron chi connectivity index (χ4n) is 1.27. The quantitative estimate of drug-likeness (QED) is 0.613. The van der Waals surface area contributed by atoms with Crippen LogP contribution in [0, 0.1) is 0 Å². The maximum absolute atomic E-state index is 10.8. The summed E-state index contributed by atoms with van der Waals surface area (Å²) < 4.78 is 1.78. The molecule has 0 aromatic carbocycles. The van der Waals surface area contributed by atoms with E-state index in [4.69, 9.17) is 5.11 Å². The first kappa shape index (κ1) is 10.1. The Morgan fingerprint density at radius 3 is 2.88 bits per heavy atom. The topological polar surface area (TPSA) is 71.7 Å². The van der Waals surface area contributed by atoms with E-state index in [0.29, 0.717) is 5.69 Å². The number of aromatic nitrogens is 2. The van der Waals surface area contributed by atoms with Crippen LogP contribution in [0.2, 0.25) is 0 Å². The first-order valence-electron chi connectivity index (χ1n) is 4.56. The van der Waals surface area contributed by atoms with Gasteiger partial charge in [0.1, 0.15) is 5.65 Å². The average Bonchev–Trinajstić information content (AvgIpc) is 2.68. The van der Waals surface area contributed by atoms with Crippen molar-refractivity contribution in [3.63, 3.8) is 0 Å². The predicted molar refractivity (Wildman–Crippen MR) is 56.9 cm³/mol. The Morgan fingerprint density at radius 1 is 1.38 bits per heavy atom. The number of nitrogens with zero attached hydrogens (tertiary/aromatic N) is 2. The predicted octanol–water partition coefficient (Wildman–Crippen LogP) is 1.00. The first-order chi connectivity index (χ1) is 7.66. The van der Waals surface area contributed by atoms with Crippen molar-refractivity contribution in [1.82, 2.24) is 9.38 Å². The highest BCUT2D eigenvalue weighted by Crippen LogP contribution is 2.05. The summed E-state index contributed by atoms with van der Waals surface area (Å²) >= 11 is 0. The van der Waals surface area contributed by atoms with E-state index in [2.05, 4.69) is 4.98 Å². The first-order valence-corrected chi connectivity index (χ1v) is 4.56. The van der Waals surface area contributed by atoms with Crippen molar-refractivity contribution in [2.45, 2.75) is 0 Å². The van der Waals surface area contributed by atoms with E-state index in [1.54, 1.807) is 10.6 Å². The Balaban J connectivity index is 2.28. The molecular weight excluding hydrogens is 208 g/mol. The molecule has 0 aliphatic carbocycles. The van der Waals surface area contributed by atoms with Crippen LogP contribution in [0.4, 0.5) is 0 Å². The van der Waals surface area contributed by atoms with Crippen LogP contribution in [0.15, 0.2) is 36.7 Å². The molecule has 0 radical (unpaired) electrons. The second-order valence-corrected chi connectivity index (χ2v) is 3.13.